The van der Waals surface area contributed by atoms with Crippen molar-refractivity contribution < 1.29 is 13.9 Å². The number of thiophene rings is 1. The molecule has 0 bridgehead atoms. The molecule has 0 amide bonds. The van der Waals surface area contributed by atoms with E-state index in [0.717, 1.165) is 11.1 Å². The Balaban J connectivity index is 1.65. The predicted octanol–water partition coefficient (Wildman–Crippen LogP) is 3.46. The third-order valence-corrected chi connectivity index (χ3v) is 3.66. The minimum atomic E-state index is -0.389. The molecule has 0 atom stereocenters. The van der Waals surface area contributed by atoms with Gasteiger partial charge in [0.25, 0.3) is 5.89 Å². The predicted molar refractivity (Wildman–Crippen MR) is 77.9 cm³/mol. The van der Waals surface area contributed by atoms with Gasteiger partial charge in [0.15, 0.2) is 6.61 Å². The lowest BCUT2D eigenvalue weighted by Crippen LogP contribution is -2.03. The van der Waals surface area contributed by atoms with Gasteiger partial charge in [-0.3, -0.25) is 0 Å². The van der Waals surface area contributed by atoms with Crippen LogP contribution < -0.4 is 0 Å². The molecule has 2 heterocycles. The van der Waals surface area contributed by atoms with E-state index in [2.05, 4.69) is 10.2 Å². The topological polar surface area (TPSA) is 65.2 Å². The average molecular weight is 300 g/mol. The Morgan fingerprint density at radius 1 is 1.24 bits per heavy atom. The molecule has 21 heavy (non-hydrogen) atoms. The van der Waals surface area contributed by atoms with Gasteiger partial charge in [0.2, 0.25) is 5.89 Å². The molecule has 0 saturated heterocycles. The van der Waals surface area contributed by atoms with Crippen LogP contribution in [0.25, 0.3) is 11.5 Å². The fourth-order valence-corrected chi connectivity index (χ4v) is 2.33. The number of carbonyl (C=O) groups excluding carboxylic acids is 1. The summed E-state index contributed by atoms with van der Waals surface area (Å²) in [5.74, 6) is 0.299. The Morgan fingerprint density at radius 2 is 2.05 bits per heavy atom. The highest BCUT2D eigenvalue weighted by atomic mass is 32.1. The van der Waals surface area contributed by atoms with Crippen molar-refractivity contribution in [3.63, 3.8) is 0 Å². The van der Waals surface area contributed by atoms with Gasteiger partial charge in [-0.05, 0) is 30.5 Å². The maximum Gasteiger partial charge on any atom is 0.348 e. The Morgan fingerprint density at radius 3 is 2.76 bits per heavy atom. The second-order valence-electron chi connectivity index (χ2n) is 4.42. The molecule has 2 aromatic heterocycles. The largest absolute Gasteiger partial charge is 0.451 e. The van der Waals surface area contributed by atoms with Crippen LogP contribution in [0.4, 0.5) is 0 Å². The second kappa shape index (κ2) is 5.88. The molecule has 1 aromatic carbocycles. The Labute approximate surface area is 125 Å². The maximum atomic E-state index is 11.7. The first-order chi connectivity index (χ1) is 10.2. The zero-order valence-corrected chi connectivity index (χ0v) is 12.1. The molecule has 0 aliphatic heterocycles. The Hall–Kier alpha value is -2.47. The number of nitrogens with zero attached hydrogens (tertiary/aromatic N) is 2. The van der Waals surface area contributed by atoms with Crippen molar-refractivity contribution in [1.82, 2.24) is 10.2 Å². The standard InChI is InChI=1S/C15H12N2O3S/c1-10-4-6-11(7-5-10)14-17-16-13(20-14)9-19-15(18)12-3-2-8-21-12/h2-8H,9H2,1H3. The zero-order chi connectivity index (χ0) is 14.7. The molecule has 0 aliphatic rings. The summed E-state index contributed by atoms with van der Waals surface area (Å²) in [6.07, 6.45) is 0. The van der Waals surface area contributed by atoms with Gasteiger partial charge in [-0.2, -0.15) is 0 Å². The SMILES string of the molecule is Cc1ccc(-c2nnc(COC(=O)c3cccs3)o2)cc1. The molecule has 5 nitrogen and oxygen atoms in total. The lowest BCUT2D eigenvalue weighted by atomic mass is 10.1. The highest BCUT2D eigenvalue weighted by Gasteiger charge is 2.12. The smallest absolute Gasteiger partial charge is 0.348 e. The van der Waals surface area contributed by atoms with E-state index in [9.17, 15) is 4.79 Å². The molecule has 0 fully saturated rings. The molecule has 3 aromatic rings. The van der Waals surface area contributed by atoms with Crippen molar-refractivity contribution in [3.05, 3.63) is 58.1 Å². The number of ether oxygens (including phenoxy) is 1. The summed E-state index contributed by atoms with van der Waals surface area (Å²) in [6.45, 7) is 1.97. The summed E-state index contributed by atoms with van der Waals surface area (Å²) in [4.78, 5) is 12.2. The van der Waals surface area contributed by atoms with Gasteiger partial charge in [-0.15, -0.1) is 21.5 Å². The number of aryl methyl sites for hydroxylation is 1. The summed E-state index contributed by atoms with van der Waals surface area (Å²) in [7, 11) is 0. The molecule has 0 N–H and O–H groups in total. The highest BCUT2D eigenvalue weighted by molar-refractivity contribution is 7.11. The van der Waals surface area contributed by atoms with Crippen molar-refractivity contribution in [2.75, 3.05) is 0 Å². The summed E-state index contributed by atoms with van der Waals surface area (Å²) in [5.41, 5.74) is 1.99. The van der Waals surface area contributed by atoms with E-state index in [1.165, 1.54) is 11.3 Å². The first kappa shape index (κ1) is 13.5. The first-order valence-electron chi connectivity index (χ1n) is 6.32. The van der Waals surface area contributed by atoms with Crippen LogP contribution in [0, 0.1) is 6.92 Å². The summed E-state index contributed by atoms with van der Waals surface area (Å²) < 4.78 is 10.6. The molecule has 6 heteroatoms. The molecule has 3 rings (SSSR count). The average Bonchev–Trinajstić information content (AvgIpc) is 3.17. The number of aromatic nitrogens is 2. The summed E-state index contributed by atoms with van der Waals surface area (Å²) >= 11 is 1.33. The maximum absolute atomic E-state index is 11.7. The molecule has 0 spiro atoms. The molecular weight excluding hydrogens is 288 g/mol. The van der Waals surface area contributed by atoms with Crippen LogP contribution in [0.5, 0.6) is 0 Å². The minimum absolute atomic E-state index is 0.0321. The molecule has 106 valence electrons. The van der Waals surface area contributed by atoms with Gasteiger partial charge in [0, 0.05) is 5.56 Å². The summed E-state index contributed by atoms with van der Waals surface area (Å²) in [6, 6.07) is 11.3. The molecule has 0 unspecified atom stereocenters. The van der Waals surface area contributed by atoms with Crippen LogP contribution in [-0.2, 0) is 11.3 Å². The van der Waals surface area contributed by atoms with E-state index in [0.29, 0.717) is 10.8 Å². The highest BCUT2D eigenvalue weighted by Crippen LogP contribution is 2.19. The second-order valence-corrected chi connectivity index (χ2v) is 5.37. The van der Waals surface area contributed by atoms with Crippen LogP contribution in [-0.4, -0.2) is 16.2 Å². The lowest BCUT2D eigenvalue weighted by Gasteiger charge is -1.99. The van der Waals surface area contributed by atoms with Crippen LogP contribution in [0.3, 0.4) is 0 Å². The fraction of sp³-hybridized carbons (Fsp3) is 0.133. The Bertz CT molecular complexity index is 733. The van der Waals surface area contributed by atoms with Crippen LogP contribution in [0.15, 0.2) is 46.2 Å². The van der Waals surface area contributed by atoms with Crippen molar-refractivity contribution in [2.45, 2.75) is 13.5 Å². The van der Waals surface area contributed by atoms with Crippen LogP contribution >= 0.6 is 11.3 Å². The quantitative estimate of drug-likeness (QED) is 0.690. The molecule has 0 saturated carbocycles. The molecule has 0 aliphatic carbocycles. The zero-order valence-electron chi connectivity index (χ0n) is 11.3. The number of hydrogen-bond donors (Lipinski definition) is 0. The van der Waals surface area contributed by atoms with E-state index < -0.39 is 0 Å². The van der Waals surface area contributed by atoms with Gasteiger partial charge in [0.1, 0.15) is 4.88 Å². The number of rotatable bonds is 4. The molecule has 0 radical (unpaired) electrons. The van der Waals surface area contributed by atoms with E-state index >= 15 is 0 Å². The minimum Gasteiger partial charge on any atom is -0.451 e. The number of esters is 1. The monoisotopic (exact) mass is 300 g/mol. The third-order valence-electron chi connectivity index (χ3n) is 2.81. The van der Waals surface area contributed by atoms with Gasteiger partial charge < -0.3 is 9.15 Å². The Kier molecular flexibility index (Phi) is 3.79. The van der Waals surface area contributed by atoms with Crippen LogP contribution in [0.1, 0.15) is 21.1 Å². The number of carbonyl (C=O) groups is 1. The van der Waals surface area contributed by atoms with Gasteiger partial charge in [0.05, 0.1) is 0 Å². The van der Waals surface area contributed by atoms with Crippen molar-refractivity contribution >= 4 is 17.3 Å². The van der Waals surface area contributed by atoms with E-state index in [1.807, 2.05) is 36.6 Å². The first-order valence-corrected chi connectivity index (χ1v) is 7.20. The number of hydrogen-bond acceptors (Lipinski definition) is 6. The normalized spacial score (nSPS) is 10.5. The molecular formula is C15H12N2O3S. The fourth-order valence-electron chi connectivity index (χ4n) is 1.72. The van der Waals surface area contributed by atoms with Gasteiger partial charge in [-0.1, -0.05) is 23.8 Å². The van der Waals surface area contributed by atoms with Gasteiger partial charge >= 0.3 is 5.97 Å². The van der Waals surface area contributed by atoms with E-state index in [1.54, 1.807) is 12.1 Å². The van der Waals surface area contributed by atoms with Crippen molar-refractivity contribution in [3.8, 4) is 11.5 Å². The number of benzene rings is 1. The van der Waals surface area contributed by atoms with Crippen molar-refractivity contribution in [2.24, 2.45) is 0 Å². The lowest BCUT2D eigenvalue weighted by molar-refractivity contribution is 0.0444. The van der Waals surface area contributed by atoms with Crippen molar-refractivity contribution in [1.29, 1.82) is 0 Å². The third kappa shape index (κ3) is 3.17. The van der Waals surface area contributed by atoms with E-state index in [-0.39, 0.29) is 18.5 Å². The van der Waals surface area contributed by atoms with Crippen LogP contribution in [0.2, 0.25) is 0 Å². The summed E-state index contributed by atoms with van der Waals surface area (Å²) in [5, 5.41) is 9.65. The van der Waals surface area contributed by atoms with E-state index in [4.69, 9.17) is 9.15 Å². The van der Waals surface area contributed by atoms with Gasteiger partial charge in [-0.25, -0.2) is 4.79 Å².